The van der Waals surface area contributed by atoms with Gasteiger partial charge >= 0.3 is 0 Å². The topological polar surface area (TPSA) is 118 Å². The van der Waals surface area contributed by atoms with Crippen LogP contribution in [0, 0.1) is 5.82 Å². The highest BCUT2D eigenvalue weighted by molar-refractivity contribution is 6.31. The smallest absolute Gasteiger partial charge is 0.249 e. The van der Waals surface area contributed by atoms with E-state index in [9.17, 15) is 14.0 Å². The number of benzene rings is 2. The van der Waals surface area contributed by atoms with E-state index < -0.39 is 17.6 Å². The number of morpholine rings is 1. The van der Waals surface area contributed by atoms with Crippen LogP contribution in [0.5, 0.6) is 5.75 Å². The summed E-state index contributed by atoms with van der Waals surface area (Å²) < 4.78 is 25.1. The average Bonchev–Trinajstić information content (AvgIpc) is 2.94. The number of carbonyl (C=O) groups excluding carboxylic acids is 2. The van der Waals surface area contributed by atoms with Crippen LogP contribution < -0.4 is 20.7 Å². The molecule has 39 heavy (non-hydrogen) atoms. The van der Waals surface area contributed by atoms with E-state index in [1.807, 2.05) is 0 Å². The summed E-state index contributed by atoms with van der Waals surface area (Å²) in [6, 6.07) is 7.63. The molecule has 10 nitrogen and oxygen atoms in total. The molecule has 1 aliphatic heterocycles. The first kappa shape index (κ1) is 28.0. The van der Waals surface area contributed by atoms with Gasteiger partial charge in [0.25, 0.3) is 0 Å². The van der Waals surface area contributed by atoms with Gasteiger partial charge in [-0.2, -0.15) is 0 Å². The largest absolute Gasteiger partial charge is 0.491 e. The zero-order chi connectivity index (χ0) is 27.6. The number of amides is 2. The second-order valence-corrected chi connectivity index (χ2v) is 8.94. The number of nitrogens with one attached hydrogen (secondary N) is 3. The van der Waals surface area contributed by atoms with Crippen LogP contribution in [0.2, 0.25) is 5.02 Å². The highest BCUT2D eigenvalue weighted by Crippen LogP contribution is 2.34. The average molecular weight is 555 g/mol. The van der Waals surface area contributed by atoms with Crippen molar-refractivity contribution in [1.82, 2.24) is 20.2 Å². The van der Waals surface area contributed by atoms with E-state index in [1.165, 1.54) is 36.8 Å². The molecule has 4 rings (SSSR count). The van der Waals surface area contributed by atoms with Crippen LogP contribution in [0.4, 0.5) is 21.6 Å². The van der Waals surface area contributed by atoms with Gasteiger partial charge in [0.05, 0.1) is 36.0 Å². The van der Waals surface area contributed by atoms with Gasteiger partial charge in [0.1, 0.15) is 23.7 Å². The summed E-state index contributed by atoms with van der Waals surface area (Å²) in [7, 11) is 0. The van der Waals surface area contributed by atoms with Gasteiger partial charge in [0.2, 0.25) is 11.8 Å². The van der Waals surface area contributed by atoms with Gasteiger partial charge < -0.3 is 25.4 Å². The number of aromatic nitrogens is 2. The number of carbonyl (C=O) groups is 2. The third kappa shape index (κ3) is 7.96. The lowest BCUT2D eigenvalue weighted by molar-refractivity contribution is -0.115. The number of halogens is 2. The maximum Gasteiger partial charge on any atom is 0.249 e. The van der Waals surface area contributed by atoms with E-state index >= 15 is 0 Å². The van der Waals surface area contributed by atoms with Gasteiger partial charge in [-0.25, -0.2) is 14.4 Å². The molecule has 1 saturated heterocycles. The van der Waals surface area contributed by atoms with Crippen LogP contribution in [0.15, 0.2) is 61.6 Å². The minimum atomic E-state index is -0.535. The number of fused-ring (bicyclic) bond motifs is 1. The quantitative estimate of drug-likeness (QED) is 0.240. The molecule has 2 amide bonds. The van der Waals surface area contributed by atoms with Crippen molar-refractivity contribution in [2.45, 2.75) is 6.42 Å². The second-order valence-electron chi connectivity index (χ2n) is 8.53. The molecular weight excluding hydrogens is 527 g/mol. The Morgan fingerprint density at radius 3 is 2.77 bits per heavy atom. The Morgan fingerprint density at radius 1 is 1.18 bits per heavy atom. The number of ether oxygens (including phenoxy) is 2. The lowest BCUT2D eigenvalue weighted by atomic mass is 10.1. The molecular formula is C27H28ClFN6O4. The molecule has 0 aliphatic carbocycles. The highest BCUT2D eigenvalue weighted by Gasteiger charge is 2.15. The highest BCUT2D eigenvalue weighted by atomic mass is 35.5. The van der Waals surface area contributed by atoms with E-state index in [0.29, 0.717) is 40.5 Å². The Balaban J connectivity index is 1.56. The van der Waals surface area contributed by atoms with Gasteiger partial charge in [0, 0.05) is 49.1 Å². The number of rotatable bonds is 11. The minimum absolute atomic E-state index is 0.0330. The molecule has 1 aliphatic rings. The first-order chi connectivity index (χ1) is 18.9. The molecule has 2 aromatic carbocycles. The maximum absolute atomic E-state index is 13.6. The molecule has 0 unspecified atom stereocenters. The number of hydrogen-bond donors (Lipinski definition) is 3. The van der Waals surface area contributed by atoms with Crippen molar-refractivity contribution in [2.75, 3.05) is 50.1 Å². The first-order valence-corrected chi connectivity index (χ1v) is 12.6. The summed E-state index contributed by atoms with van der Waals surface area (Å²) in [6.45, 7) is 7.87. The molecule has 0 atom stereocenters. The van der Waals surface area contributed by atoms with E-state index in [2.05, 4.69) is 37.4 Å². The van der Waals surface area contributed by atoms with Crippen LogP contribution in [-0.2, 0) is 14.3 Å². The fourth-order valence-corrected chi connectivity index (χ4v) is 4.02. The van der Waals surface area contributed by atoms with Crippen molar-refractivity contribution in [1.29, 1.82) is 0 Å². The van der Waals surface area contributed by atoms with Crippen LogP contribution in [0.3, 0.4) is 0 Å². The van der Waals surface area contributed by atoms with Crippen molar-refractivity contribution in [3.63, 3.8) is 0 Å². The van der Waals surface area contributed by atoms with Gasteiger partial charge in [-0.05, 0) is 36.8 Å². The van der Waals surface area contributed by atoms with Crippen molar-refractivity contribution in [3.05, 3.63) is 72.4 Å². The van der Waals surface area contributed by atoms with Gasteiger partial charge in [-0.3, -0.25) is 14.5 Å². The van der Waals surface area contributed by atoms with E-state index in [1.54, 1.807) is 12.1 Å². The second kappa shape index (κ2) is 13.7. The SMILES string of the molecule is C=CC(=O)NC=CC(=O)Nc1cc2c(Nc3ccc(F)c(Cl)c3)ncnc2cc1OCCCN1CCOCC1. The van der Waals surface area contributed by atoms with Gasteiger partial charge in [-0.15, -0.1) is 0 Å². The summed E-state index contributed by atoms with van der Waals surface area (Å²) in [5.41, 5.74) is 1.47. The zero-order valence-electron chi connectivity index (χ0n) is 21.1. The molecule has 2 heterocycles. The summed E-state index contributed by atoms with van der Waals surface area (Å²) in [5.74, 6) is -0.620. The molecule has 0 bridgehead atoms. The predicted molar refractivity (Wildman–Crippen MR) is 148 cm³/mol. The van der Waals surface area contributed by atoms with Crippen LogP contribution in [0.25, 0.3) is 10.9 Å². The molecule has 12 heteroatoms. The number of hydrogen-bond acceptors (Lipinski definition) is 8. The van der Waals surface area contributed by atoms with Crippen molar-refractivity contribution >= 4 is 51.5 Å². The zero-order valence-corrected chi connectivity index (χ0v) is 21.8. The lowest BCUT2D eigenvalue weighted by Gasteiger charge is -2.26. The summed E-state index contributed by atoms with van der Waals surface area (Å²) in [6.07, 6.45) is 5.66. The van der Waals surface area contributed by atoms with Crippen molar-refractivity contribution < 1.29 is 23.5 Å². The van der Waals surface area contributed by atoms with Gasteiger partial charge in [0.15, 0.2) is 0 Å². The Morgan fingerprint density at radius 2 is 2.00 bits per heavy atom. The van der Waals surface area contributed by atoms with E-state index in [4.69, 9.17) is 21.1 Å². The van der Waals surface area contributed by atoms with Crippen molar-refractivity contribution in [3.8, 4) is 5.75 Å². The third-order valence-electron chi connectivity index (χ3n) is 5.80. The molecule has 0 radical (unpaired) electrons. The Kier molecular flexibility index (Phi) is 9.79. The first-order valence-electron chi connectivity index (χ1n) is 12.3. The lowest BCUT2D eigenvalue weighted by Crippen LogP contribution is -2.37. The molecule has 0 spiro atoms. The molecule has 0 saturated carbocycles. The summed E-state index contributed by atoms with van der Waals surface area (Å²) >= 11 is 5.92. The monoisotopic (exact) mass is 554 g/mol. The Hall–Kier alpha value is -4.06. The van der Waals surface area contributed by atoms with Gasteiger partial charge in [-0.1, -0.05) is 18.2 Å². The number of nitrogens with zero attached hydrogens (tertiary/aromatic N) is 3. The van der Waals surface area contributed by atoms with E-state index in [-0.39, 0.29) is 5.02 Å². The van der Waals surface area contributed by atoms with Crippen molar-refractivity contribution in [2.24, 2.45) is 0 Å². The fraction of sp³-hybridized carbons (Fsp3) is 0.259. The van der Waals surface area contributed by atoms with Crippen LogP contribution in [-0.4, -0.2) is 66.1 Å². The summed E-state index contributed by atoms with van der Waals surface area (Å²) in [4.78, 5) is 34.9. The standard InChI is InChI=1S/C27H28ClFN6O4/c1-2-25(36)30-7-6-26(37)34-23-15-19-22(16-24(23)39-11-3-8-35-9-12-38-13-10-35)31-17-32-27(19)33-18-4-5-21(29)20(28)14-18/h2,4-7,14-17H,1,3,8-13H2,(H,30,36)(H,34,37)(H,31,32,33). The molecule has 3 N–H and O–H groups in total. The Labute approximate surface area is 229 Å². The molecule has 3 aromatic rings. The Bertz CT molecular complexity index is 1380. The summed E-state index contributed by atoms with van der Waals surface area (Å²) in [5, 5.41) is 8.85. The van der Waals surface area contributed by atoms with E-state index in [0.717, 1.165) is 45.3 Å². The third-order valence-corrected chi connectivity index (χ3v) is 6.09. The predicted octanol–water partition coefficient (Wildman–Crippen LogP) is 4.02. The molecule has 204 valence electrons. The molecule has 1 aromatic heterocycles. The van der Waals surface area contributed by atoms with Crippen LogP contribution in [0.1, 0.15) is 6.42 Å². The number of anilines is 3. The molecule has 1 fully saturated rings. The normalized spacial score (nSPS) is 13.8. The fourth-order valence-electron chi connectivity index (χ4n) is 3.84. The van der Waals surface area contributed by atoms with Crippen LogP contribution >= 0.6 is 11.6 Å². The minimum Gasteiger partial charge on any atom is -0.491 e. The maximum atomic E-state index is 13.6.